The maximum absolute atomic E-state index is 2.36. The minimum Gasteiger partial charge on any atom is -0.0667 e. The van der Waals surface area contributed by atoms with E-state index in [1.807, 2.05) is 0 Å². The van der Waals surface area contributed by atoms with Gasteiger partial charge in [-0.05, 0) is 29.9 Å². The van der Waals surface area contributed by atoms with Gasteiger partial charge in [-0.25, -0.2) is 0 Å². The molecule has 1 aromatic rings. The molecule has 0 saturated carbocycles. The van der Waals surface area contributed by atoms with Gasteiger partial charge in [-0.3, -0.25) is 0 Å². The molecule has 2 rings (SSSR count). The van der Waals surface area contributed by atoms with Crippen molar-refractivity contribution in [1.29, 1.82) is 0 Å². The molecule has 0 saturated heterocycles. The molecule has 0 atom stereocenters. The zero-order valence-electron chi connectivity index (χ0n) is 8.38. The second kappa shape index (κ2) is 3.37. The quantitative estimate of drug-likeness (QED) is 0.606. The molecule has 0 heterocycles. The summed E-state index contributed by atoms with van der Waals surface area (Å²) in [4.78, 5) is 0. The first kappa shape index (κ1) is 8.55. The van der Waals surface area contributed by atoms with E-state index in [2.05, 4.69) is 44.2 Å². The topological polar surface area (TPSA) is 0 Å². The van der Waals surface area contributed by atoms with Gasteiger partial charge in [0, 0.05) is 0 Å². The molecule has 68 valence electrons. The van der Waals surface area contributed by atoms with Crippen LogP contribution in [0, 0.1) is 5.92 Å². The van der Waals surface area contributed by atoms with Gasteiger partial charge in [0.15, 0.2) is 0 Å². The van der Waals surface area contributed by atoms with E-state index in [9.17, 15) is 0 Å². The van der Waals surface area contributed by atoms with Crippen LogP contribution in [0.4, 0.5) is 0 Å². The lowest BCUT2D eigenvalue weighted by atomic mass is 9.87. The third kappa shape index (κ3) is 1.67. The number of hydrogen-bond acceptors (Lipinski definition) is 0. The Kier molecular flexibility index (Phi) is 2.22. The van der Waals surface area contributed by atoms with Gasteiger partial charge in [-0.2, -0.15) is 0 Å². The van der Waals surface area contributed by atoms with E-state index in [4.69, 9.17) is 0 Å². The number of hydrogen-bond donors (Lipinski definition) is 0. The van der Waals surface area contributed by atoms with Crippen molar-refractivity contribution >= 4 is 6.08 Å². The monoisotopic (exact) mass is 172 g/mol. The fraction of sp³-hybridized carbons (Fsp3) is 0.385. The van der Waals surface area contributed by atoms with Crippen molar-refractivity contribution in [2.75, 3.05) is 0 Å². The lowest BCUT2D eigenvalue weighted by molar-refractivity contribution is 0.709. The molecule has 0 fully saturated rings. The molecule has 0 amide bonds. The molecule has 0 bridgehead atoms. The highest BCUT2D eigenvalue weighted by Crippen LogP contribution is 2.27. The van der Waals surface area contributed by atoms with Gasteiger partial charge >= 0.3 is 0 Å². The van der Waals surface area contributed by atoms with Crippen LogP contribution in [0.25, 0.3) is 6.08 Å². The van der Waals surface area contributed by atoms with Gasteiger partial charge in [0.05, 0.1) is 0 Å². The molecule has 1 aliphatic rings. The summed E-state index contributed by atoms with van der Waals surface area (Å²) in [5.41, 5.74) is 4.53. The highest BCUT2D eigenvalue weighted by atomic mass is 14.2. The van der Waals surface area contributed by atoms with E-state index in [1.54, 1.807) is 5.57 Å². The zero-order valence-corrected chi connectivity index (χ0v) is 8.38. The Morgan fingerprint density at radius 1 is 1.08 bits per heavy atom. The predicted molar refractivity (Wildman–Crippen MR) is 57.6 cm³/mol. The summed E-state index contributed by atoms with van der Waals surface area (Å²) in [6.45, 7) is 4.56. The van der Waals surface area contributed by atoms with E-state index >= 15 is 0 Å². The molecule has 0 N–H and O–H groups in total. The van der Waals surface area contributed by atoms with Gasteiger partial charge in [-0.1, -0.05) is 49.8 Å². The van der Waals surface area contributed by atoms with Crippen LogP contribution in [0.15, 0.2) is 29.8 Å². The lowest BCUT2D eigenvalue weighted by Gasteiger charge is -2.18. The third-order valence-electron chi connectivity index (χ3n) is 2.82. The fourth-order valence-electron chi connectivity index (χ4n) is 1.91. The van der Waals surface area contributed by atoms with Crippen LogP contribution in [-0.2, 0) is 6.42 Å². The second-order valence-corrected chi connectivity index (χ2v) is 4.07. The summed E-state index contributed by atoms with van der Waals surface area (Å²) in [7, 11) is 0. The average molecular weight is 172 g/mol. The summed E-state index contributed by atoms with van der Waals surface area (Å²) in [6.07, 6.45) is 4.83. The standard InChI is InChI=1S/C13H16/c1-10(2)12-8-7-11-5-3-4-6-13(11)9-12/h3-6,9-10H,7-8H2,1-2H3. The average Bonchev–Trinajstić information content (AvgIpc) is 2.17. The summed E-state index contributed by atoms with van der Waals surface area (Å²) in [6, 6.07) is 8.71. The molecule has 0 spiro atoms. The van der Waals surface area contributed by atoms with Crippen molar-refractivity contribution in [2.24, 2.45) is 5.92 Å². The van der Waals surface area contributed by atoms with Crippen LogP contribution in [0.2, 0.25) is 0 Å². The van der Waals surface area contributed by atoms with E-state index in [0.717, 1.165) is 0 Å². The van der Waals surface area contributed by atoms with Gasteiger partial charge in [-0.15, -0.1) is 0 Å². The molecule has 0 aromatic heterocycles. The Morgan fingerprint density at radius 3 is 2.62 bits per heavy atom. The summed E-state index contributed by atoms with van der Waals surface area (Å²) in [5.74, 6) is 0.702. The Morgan fingerprint density at radius 2 is 1.85 bits per heavy atom. The van der Waals surface area contributed by atoms with Crippen molar-refractivity contribution in [2.45, 2.75) is 26.7 Å². The molecule has 0 unspecified atom stereocenters. The minimum atomic E-state index is 0.702. The highest BCUT2D eigenvalue weighted by molar-refractivity contribution is 5.59. The normalized spacial score (nSPS) is 15.5. The van der Waals surface area contributed by atoms with Gasteiger partial charge in [0.2, 0.25) is 0 Å². The Labute approximate surface area is 80.3 Å². The molecular weight excluding hydrogens is 156 g/mol. The molecule has 0 nitrogen and oxygen atoms in total. The molecule has 1 aromatic carbocycles. The number of fused-ring (bicyclic) bond motifs is 1. The SMILES string of the molecule is CC(C)C1=Cc2ccccc2CC1. The van der Waals surface area contributed by atoms with Gasteiger partial charge in [0.1, 0.15) is 0 Å². The largest absolute Gasteiger partial charge is 0.0667 e. The molecule has 13 heavy (non-hydrogen) atoms. The van der Waals surface area contributed by atoms with Crippen LogP contribution < -0.4 is 0 Å². The molecule has 0 heteroatoms. The molecule has 0 radical (unpaired) electrons. The predicted octanol–water partition coefficient (Wildman–Crippen LogP) is 3.67. The van der Waals surface area contributed by atoms with Crippen LogP contribution in [0.5, 0.6) is 0 Å². The van der Waals surface area contributed by atoms with E-state index in [-0.39, 0.29) is 0 Å². The van der Waals surface area contributed by atoms with Crippen molar-refractivity contribution < 1.29 is 0 Å². The maximum Gasteiger partial charge on any atom is -0.0225 e. The van der Waals surface area contributed by atoms with Crippen molar-refractivity contribution in [3.8, 4) is 0 Å². The second-order valence-electron chi connectivity index (χ2n) is 4.07. The maximum atomic E-state index is 2.36. The number of aryl methyl sites for hydroxylation is 1. The summed E-state index contributed by atoms with van der Waals surface area (Å²) < 4.78 is 0. The Bertz CT molecular complexity index is 332. The summed E-state index contributed by atoms with van der Waals surface area (Å²) in [5, 5.41) is 0. The van der Waals surface area contributed by atoms with Crippen molar-refractivity contribution in [1.82, 2.24) is 0 Å². The first-order valence-electron chi connectivity index (χ1n) is 5.06. The van der Waals surface area contributed by atoms with Crippen LogP contribution >= 0.6 is 0 Å². The first-order chi connectivity index (χ1) is 6.27. The smallest absolute Gasteiger partial charge is 0.0225 e. The summed E-state index contributed by atoms with van der Waals surface area (Å²) >= 11 is 0. The fourth-order valence-corrected chi connectivity index (χ4v) is 1.91. The molecule has 0 aliphatic heterocycles. The van der Waals surface area contributed by atoms with E-state index < -0.39 is 0 Å². The van der Waals surface area contributed by atoms with Crippen molar-refractivity contribution in [3.63, 3.8) is 0 Å². The lowest BCUT2D eigenvalue weighted by Crippen LogP contribution is -2.03. The van der Waals surface area contributed by atoms with E-state index in [0.29, 0.717) is 5.92 Å². The van der Waals surface area contributed by atoms with E-state index in [1.165, 1.54) is 24.0 Å². The zero-order chi connectivity index (χ0) is 9.26. The van der Waals surface area contributed by atoms with Gasteiger partial charge in [0.25, 0.3) is 0 Å². The first-order valence-corrected chi connectivity index (χ1v) is 5.06. The minimum absolute atomic E-state index is 0.702. The van der Waals surface area contributed by atoms with Gasteiger partial charge < -0.3 is 0 Å². The van der Waals surface area contributed by atoms with Crippen LogP contribution in [-0.4, -0.2) is 0 Å². The molecule has 1 aliphatic carbocycles. The van der Waals surface area contributed by atoms with Crippen molar-refractivity contribution in [3.05, 3.63) is 41.0 Å². The van der Waals surface area contributed by atoms with Crippen LogP contribution in [0.1, 0.15) is 31.4 Å². The number of rotatable bonds is 1. The highest BCUT2D eigenvalue weighted by Gasteiger charge is 2.11. The molecular formula is C13H16. The number of allylic oxidation sites excluding steroid dienone is 1. The number of benzene rings is 1. The van der Waals surface area contributed by atoms with Crippen LogP contribution in [0.3, 0.4) is 0 Å². The Hall–Kier alpha value is -1.04. The third-order valence-corrected chi connectivity index (χ3v) is 2.82. The Balaban J connectivity index is 2.38.